The summed E-state index contributed by atoms with van der Waals surface area (Å²) in [7, 11) is 0. The largest absolute Gasteiger partial charge is 0.341 e. The monoisotopic (exact) mass is 240 g/mol. The number of hydrogen-bond acceptors (Lipinski definition) is 2. The molecule has 0 aromatic heterocycles. The Morgan fingerprint density at radius 1 is 1.47 bits per heavy atom. The maximum Gasteiger partial charge on any atom is 0.239 e. The molecule has 0 bridgehead atoms. The third kappa shape index (κ3) is 5.07. The third-order valence-electron chi connectivity index (χ3n) is 3.38. The minimum atomic E-state index is 0.0859. The number of carbonyl (C=O) groups excluding carboxylic acids is 1. The second-order valence-electron chi connectivity index (χ2n) is 5.51. The highest BCUT2D eigenvalue weighted by Crippen LogP contribution is 2.13. The molecule has 0 aliphatic carbocycles. The lowest BCUT2D eigenvalue weighted by molar-refractivity contribution is -0.136. The SMILES string of the molecule is CCCNC1CCCN(CCCC(C)C)C1=O. The van der Waals surface area contributed by atoms with E-state index in [1.165, 1.54) is 6.42 Å². The van der Waals surface area contributed by atoms with Crippen LogP contribution in [-0.2, 0) is 4.79 Å². The highest BCUT2D eigenvalue weighted by Gasteiger charge is 2.27. The van der Waals surface area contributed by atoms with Crippen LogP contribution in [0.25, 0.3) is 0 Å². The van der Waals surface area contributed by atoms with Gasteiger partial charge in [-0.1, -0.05) is 20.8 Å². The molecule has 1 amide bonds. The first-order chi connectivity index (χ1) is 8.15. The van der Waals surface area contributed by atoms with Crippen LogP contribution >= 0.6 is 0 Å². The van der Waals surface area contributed by atoms with Gasteiger partial charge in [-0.2, -0.15) is 0 Å². The van der Waals surface area contributed by atoms with E-state index in [1.54, 1.807) is 0 Å². The Kier molecular flexibility index (Phi) is 6.56. The van der Waals surface area contributed by atoms with E-state index in [-0.39, 0.29) is 6.04 Å². The number of amides is 1. The first-order valence-electron chi connectivity index (χ1n) is 7.17. The van der Waals surface area contributed by atoms with Crippen molar-refractivity contribution in [3.05, 3.63) is 0 Å². The maximum absolute atomic E-state index is 12.2. The van der Waals surface area contributed by atoms with Crippen molar-refractivity contribution in [2.75, 3.05) is 19.6 Å². The van der Waals surface area contributed by atoms with Gasteiger partial charge in [-0.05, 0) is 44.6 Å². The number of rotatable bonds is 7. The molecule has 0 saturated carbocycles. The molecule has 0 radical (unpaired) electrons. The Morgan fingerprint density at radius 3 is 2.88 bits per heavy atom. The fourth-order valence-corrected chi connectivity index (χ4v) is 2.36. The van der Waals surface area contributed by atoms with Gasteiger partial charge in [-0.25, -0.2) is 0 Å². The Labute approximate surface area is 106 Å². The van der Waals surface area contributed by atoms with Crippen molar-refractivity contribution in [1.82, 2.24) is 10.2 Å². The Balaban J connectivity index is 2.31. The zero-order valence-electron chi connectivity index (χ0n) is 11.7. The van der Waals surface area contributed by atoms with Crippen LogP contribution < -0.4 is 5.32 Å². The minimum Gasteiger partial charge on any atom is -0.341 e. The van der Waals surface area contributed by atoms with Crippen molar-refractivity contribution in [2.24, 2.45) is 5.92 Å². The standard InChI is InChI=1S/C14H28N2O/c1-4-9-15-13-8-6-11-16(14(13)17)10-5-7-12(2)3/h12-13,15H,4-11H2,1-3H3. The van der Waals surface area contributed by atoms with Crippen LogP contribution in [0.5, 0.6) is 0 Å². The van der Waals surface area contributed by atoms with Crippen molar-refractivity contribution in [2.45, 2.75) is 58.9 Å². The van der Waals surface area contributed by atoms with Crippen LogP contribution in [-0.4, -0.2) is 36.5 Å². The Morgan fingerprint density at radius 2 is 2.24 bits per heavy atom. The van der Waals surface area contributed by atoms with Crippen LogP contribution in [0, 0.1) is 5.92 Å². The van der Waals surface area contributed by atoms with Gasteiger partial charge in [-0.3, -0.25) is 4.79 Å². The van der Waals surface area contributed by atoms with Gasteiger partial charge in [0.1, 0.15) is 0 Å². The number of likely N-dealkylation sites (tertiary alicyclic amines) is 1. The van der Waals surface area contributed by atoms with E-state index >= 15 is 0 Å². The van der Waals surface area contributed by atoms with E-state index in [1.807, 2.05) is 0 Å². The normalized spacial score (nSPS) is 21.3. The smallest absolute Gasteiger partial charge is 0.239 e. The van der Waals surface area contributed by atoms with Gasteiger partial charge in [0, 0.05) is 13.1 Å². The van der Waals surface area contributed by atoms with Crippen LogP contribution in [0.1, 0.15) is 52.9 Å². The summed E-state index contributed by atoms with van der Waals surface area (Å²) < 4.78 is 0. The molecule has 0 aromatic carbocycles. The van der Waals surface area contributed by atoms with Gasteiger partial charge in [0.2, 0.25) is 5.91 Å². The quantitative estimate of drug-likeness (QED) is 0.741. The second-order valence-corrected chi connectivity index (χ2v) is 5.51. The molecule has 1 N–H and O–H groups in total. The molecule has 1 atom stereocenters. The molecule has 1 aliphatic heterocycles. The number of nitrogens with one attached hydrogen (secondary N) is 1. The average molecular weight is 240 g/mol. The fraction of sp³-hybridized carbons (Fsp3) is 0.929. The van der Waals surface area contributed by atoms with E-state index in [0.717, 1.165) is 51.2 Å². The molecule has 0 aromatic rings. The van der Waals surface area contributed by atoms with Crippen molar-refractivity contribution in [3.63, 3.8) is 0 Å². The molecule has 1 rings (SSSR count). The predicted molar refractivity (Wildman–Crippen MR) is 72.0 cm³/mol. The van der Waals surface area contributed by atoms with Crippen LogP contribution in [0.3, 0.4) is 0 Å². The summed E-state index contributed by atoms with van der Waals surface area (Å²) in [6.07, 6.45) is 5.62. The van der Waals surface area contributed by atoms with E-state index in [2.05, 4.69) is 31.0 Å². The zero-order valence-corrected chi connectivity index (χ0v) is 11.7. The molecule has 17 heavy (non-hydrogen) atoms. The molecule has 1 unspecified atom stereocenters. The molecule has 0 spiro atoms. The topological polar surface area (TPSA) is 32.3 Å². The highest BCUT2D eigenvalue weighted by molar-refractivity contribution is 5.82. The minimum absolute atomic E-state index is 0.0859. The van der Waals surface area contributed by atoms with Gasteiger partial charge in [0.15, 0.2) is 0 Å². The van der Waals surface area contributed by atoms with Crippen molar-refractivity contribution in [1.29, 1.82) is 0 Å². The van der Waals surface area contributed by atoms with Crippen molar-refractivity contribution >= 4 is 5.91 Å². The fourth-order valence-electron chi connectivity index (χ4n) is 2.36. The first-order valence-corrected chi connectivity index (χ1v) is 7.17. The summed E-state index contributed by atoms with van der Waals surface area (Å²) >= 11 is 0. The molecule has 3 nitrogen and oxygen atoms in total. The zero-order chi connectivity index (χ0) is 12.7. The van der Waals surface area contributed by atoms with Crippen LogP contribution in [0.15, 0.2) is 0 Å². The molecule has 1 saturated heterocycles. The molecule has 1 fully saturated rings. The molecular weight excluding hydrogens is 212 g/mol. The lowest BCUT2D eigenvalue weighted by atomic mass is 10.0. The summed E-state index contributed by atoms with van der Waals surface area (Å²) in [5, 5.41) is 3.36. The van der Waals surface area contributed by atoms with E-state index in [0.29, 0.717) is 5.91 Å². The lowest BCUT2D eigenvalue weighted by Gasteiger charge is -2.33. The average Bonchev–Trinajstić information content (AvgIpc) is 2.29. The number of piperidine rings is 1. The molecule has 3 heteroatoms. The highest BCUT2D eigenvalue weighted by atomic mass is 16.2. The van der Waals surface area contributed by atoms with Crippen molar-refractivity contribution in [3.8, 4) is 0 Å². The Hall–Kier alpha value is -0.570. The van der Waals surface area contributed by atoms with Gasteiger partial charge in [0.05, 0.1) is 6.04 Å². The summed E-state index contributed by atoms with van der Waals surface area (Å²) in [6, 6.07) is 0.0859. The van der Waals surface area contributed by atoms with Crippen molar-refractivity contribution < 1.29 is 4.79 Å². The van der Waals surface area contributed by atoms with Crippen LogP contribution in [0.4, 0.5) is 0 Å². The van der Waals surface area contributed by atoms with E-state index in [9.17, 15) is 4.79 Å². The molecular formula is C14H28N2O. The number of hydrogen-bond donors (Lipinski definition) is 1. The van der Waals surface area contributed by atoms with Gasteiger partial charge in [-0.15, -0.1) is 0 Å². The van der Waals surface area contributed by atoms with Gasteiger partial charge >= 0.3 is 0 Å². The summed E-state index contributed by atoms with van der Waals surface area (Å²) in [5.41, 5.74) is 0. The third-order valence-corrected chi connectivity index (χ3v) is 3.38. The van der Waals surface area contributed by atoms with Gasteiger partial charge < -0.3 is 10.2 Å². The molecule has 1 aliphatic rings. The predicted octanol–water partition coefficient (Wildman–Crippen LogP) is 2.41. The Bertz CT molecular complexity index is 228. The summed E-state index contributed by atoms with van der Waals surface area (Å²) in [5.74, 6) is 1.07. The summed E-state index contributed by atoms with van der Waals surface area (Å²) in [4.78, 5) is 14.2. The van der Waals surface area contributed by atoms with Crippen LogP contribution in [0.2, 0.25) is 0 Å². The second kappa shape index (κ2) is 7.70. The maximum atomic E-state index is 12.2. The molecule has 1 heterocycles. The molecule has 100 valence electrons. The lowest BCUT2D eigenvalue weighted by Crippen LogP contribution is -2.51. The van der Waals surface area contributed by atoms with E-state index < -0.39 is 0 Å². The number of nitrogens with zero attached hydrogens (tertiary/aromatic N) is 1. The van der Waals surface area contributed by atoms with E-state index in [4.69, 9.17) is 0 Å². The number of carbonyl (C=O) groups is 1. The van der Waals surface area contributed by atoms with Gasteiger partial charge in [0.25, 0.3) is 0 Å². The first kappa shape index (κ1) is 14.5. The summed E-state index contributed by atoms with van der Waals surface area (Å²) in [6.45, 7) is 9.48.